The number of rotatable bonds is 3. The van der Waals surface area contributed by atoms with Crippen molar-refractivity contribution in [2.45, 2.75) is 47.0 Å². The van der Waals surface area contributed by atoms with E-state index in [1.807, 2.05) is 6.92 Å². The Morgan fingerprint density at radius 2 is 2.00 bits per heavy atom. The fourth-order valence-corrected chi connectivity index (χ4v) is 1.73. The van der Waals surface area contributed by atoms with Gasteiger partial charge in [0.2, 0.25) is 0 Å². The summed E-state index contributed by atoms with van der Waals surface area (Å²) in [5.41, 5.74) is 0.907. The van der Waals surface area contributed by atoms with Crippen LogP contribution in [0.4, 0.5) is 0 Å². The van der Waals surface area contributed by atoms with Gasteiger partial charge in [-0.15, -0.1) is 0 Å². The van der Waals surface area contributed by atoms with Crippen LogP contribution in [0.3, 0.4) is 0 Å². The van der Waals surface area contributed by atoms with Crippen molar-refractivity contribution in [1.82, 2.24) is 0 Å². The Morgan fingerprint density at radius 1 is 1.36 bits per heavy atom. The summed E-state index contributed by atoms with van der Waals surface area (Å²) in [6.07, 6.45) is 2.34. The van der Waals surface area contributed by atoms with E-state index >= 15 is 0 Å². The van der Waals surface area contributed by atoms with Gasteiger partial charge in [0.15, 0.2) is 5.78 Å². The molecule has 80 valence electrons. The van der Waals surface area contributed by atoms with Gasteiger partial charge in [-0.2, -0.15) is 0 Å². The van der Waals surface area contributed by atoms with Crippen LogP contribution in [0.5, 0.6) is 0 Å². The molecule has 1 heterocycles. The van der Waals surface area contributed by atoms with Crippen LogP contribution in [0.25, 0.3) is 0 Å². The summed E-state index contributed by atoms with van der Waals surface area (Å²) in [4.78, 5) is 11.7. The lowest BCUT2D eigenvalue weighted by Crippen LogP contribution is -2.26. The van der Waals surface area contributed by atoms with Gasteiger partial charge >= 0.3 is 0 Å². The van der Waals surface area contributed by atoms with E-state index in [0.717, 1.165) is 24.2 Å². The molecule has 1 rings (SSSR count). The molecule has 0 N–H and O–H groups in total. The molecule has 1 aliphatic heterocycles. The molecule has 0 saturated heterocycles. The van der Waals surface area contributed by atoms with E-state index in [2.05, 4.69) is 20.8 Å². The first-order valence-electron chi connectivity index (χ1n) is 5.42. The first-order valence-corrected chi connectivity index (χ1v) is 5.42. The predicted molar refractivity (Wildman–Crippen MR) is 57.0 cm³/mol. The van der Waals surface area contributed by atoms with E-state index in [1.54, 1.807) is 0 Å². The van der Waals surface area contributed by atoms with Crippen LogP contribution >= 0.6 is 0 Å². The third kappa shape index (κ3) is 1.99. The number of ether oxygens (including phenoxy) is 1. The maximum Gasteiger partial charge on any atom is 0.165 e. The van der Waals surface area contributed by atoms with Gasteiger partial charge in [0.25, 0.3) is 0 Å². The standard InChI is InChI=1S/C12H20O2/c1-5-9-10(13)7-8-14-11(9)12(3,4)6-2/h5-8H2,1-4H3. The molecule has 0 aromatic rings. The molecular weight excluding hydrogens is 176 g/mol. The molecule has 0 unspecified atom stereocenters. The second-order valence-electron chi connectivity index (χ2n) is 4.42. The Balaban J connectivity index is 3.08. The van der Waals surface area contributed by atoms with E-state index in [9.17, 15) is 4.79 Å². The zero-order valence-electron chi connectivity index (χ0n) is 9.64. The SMILES string of the molecule is CCC1=C(C(C)(C)CC)OCCC1=O. The summed E-state index contributed by atoms with van der Waals surface area (Å²) in [5.74, 6) is 1.20. The molecule has 14 heavy (non-hydrogen) atoms. The largest absolute Gasteiger partial charge is 0.496 e. The highest BCUT2D eigenvalue weighted by Gasteiger charge is 2.31. The number of carbonyl (C=O) groups is 1. The zero-order chi connectivity index (χ0) is 10.8. The summed E-state index contributed by atoms with van der Waals surface area (Å²) in [6, 6.07) is 0. The number of hydrogen-bond acceptors (Lipinski definition) is 2. The monoisotopic (exact) mass is 196 g/mol. The van der Waals surface area contributed by atoms with E-state index in [0.29, 0.717) is 13.0 Å². The fourth-order valence-electron chi connectivity index (χ4n) is 1.73. The minimum absolute atomic E-state index is 0.00141. The van der Waals surface area contributed by atoms with Crippen LogP contribution in [0, 0.1) is 5.41 Å². The Morgan fingerprint density at radius 3 is 2.50 bits per heavy atom. The Hall–Kier alpha value is -0.790. The topological polar surface area (TPSA) is 26.3 Å². The third-order valence-corrected chi connectivity index (χ3v) is 3.04. The molecule has 0 bridgehead atoms. The van der Waals surface area contributed by atoms with E-state index in [-0.39, 0.29) is 11.2 Å². The Kier molecular flexibility index (Phi) is 3.35. The van der Waals surface area contributed by atoms with Gasteiger partial charge in [0, 0.05) is 17.4 Å². The van der Waals surface area contributed by atoms with Gasteiger partial charge < -0.3 is 4.74 Å². The third-order valence-electron chi connectivity index (χ3n) is 3.04. The van der Waals surface area contributed by atoms with Crippen LogP contribution in [0.1, 0.15) is 47.0 Å². The number of allylic oxidation sites excluding steroid dienone is 2. The molecule has 1 aliphatic rings. The molecular formula is C12H20O2. The predicted octanol–water partition coefficient (Wildman–Crippen LogP) is 3.08. The van der Waals surface area contributed by atoms with Crippen molar-refractivity contribution in [3.63, 3.8) is 0 Å². The van der Waals surface area contributed by atoms with Gasteiger partial charge in [-0.3, -0.25) is 4.79 Å². The lowest BCUT2D eigenvalue weighted by Gasteiger charge is -2.31. The van der Waals surface area contributed by atoms with Gasteiger partial charge in [0.05, 0.1) is 6.61 Å². The summed E-state index contributed by atoms with van der Waals surface area (Å²) < 4.78 is 5.67. The highest BCUT2D eigenvalue weighted by molar-refractivity contribution is 5.96. The van der Waals surface area contributed by atoms with Crippen LogP contribution < -0.4 is 0 Å². The summed E-state index contributed by atoms with van der Waals surface area (Å²) in [6.45, 7) is 8.98. The normalized spacial score (nSPS) is 18.4. The highest BCUT2D eigenvalue weighted by Crippen LogP contribution is 2.36. The summed E-state index contributed by atoms with van der Waals surface area (Å²) >= 11 is 0. The summed E-state index contributed by atoms with van der Waals surface area (Å²) in [5, 5.41) is 0. The molecule has 0 aromatic carbocycles. The van der Waals surface area contributed by atoms with Crippen LogP contribution in [0.2, 0.25) is 0 Å². The van der Waals surface area contributed by atoms with Gasteiger partial charge in [-0.1, -0.05) is 27.7 Å². The average Bonchev–Trinajstić information content (AvgIpc) is 2.17. The number of hydrogen-bond donors (Lipinski definition) is 0. The van der Waals surface area contributed by atoms with Gasteiger partial charge in [0.1, 0.15) is 5.76 Å². The lowest BCUT2D eigenvalue weighted by atomic mass is 9.82. The Bertz CT molecular complexity index is 261. The van der Waals surface area contributed by atoms with E-state index in [1.165, 1.54) is 0 Å². The molecule has 2 heteroatoms. The fraction of sp³-hybridized carbons (Fsp3) is 0.750. The van der Waals surface area contributed by atoms with E-state index < -0.39 is 0 Å². The van der Waals surface area contributed by atoms with Crippen LogP contribution in [-0.4, -0.2) is 12.4 Å². The molecule has 2 nitrogen and oxygen atoms in total. The quantitative estimate of drug-likeness (QED) is 0.693. The smallest absolute Gasteiger partial charge is 0.165 e. The van der Waals surface area contributed by atoms with Gasteiger partial charge in [-0.25, -0.2) is 0 Å². The molecule has 0 spiro atoms. The minimum atomic E-state index is 0.00141. The van der Waals surface area contributed by atoms with Crippen molar-refractivity contribution in [2.24, 2.45) is 5.41 Å². The van der Waals surface area contributed by atoms with Crippen molar-refractivity contribution < 1.29 is 9.53 Å². The second-order valence-corrected chi connectivity index (χ2v) is 4.42. The molecule has 0 saturated carbocycles. The number of carbonyl (C=O) groups excluding carboxylic acids is 1. The van der Waals surface area contributed by atoms with Crippen molar-refractivity contribution in [3.8, 4) is 0 Å². The van der Waals surface area contributed by atoms with Crippen molar-refractivity contribution in [2.75, 3.05) is 6.61 Å². The number of Topliss-reactive ketones (excluding diaryl/α,β-unsaturated/α-hetero) is 1. The average molecular weight is 196 g/mol. The molecule has 0 aromatic heterocycles. The zero-order valence-corrected chi connectivity index (χ0v) is 9.64. The number of ketones is 1. The Labute approximate surface area is 86.3 Å². The van der Waals surface area contributed by atoms with Crippen LogP contribution in [0.15, 0.2) is 11.3 Å². The maximum atomic E-state index is 11.7. The molecule has 0 fully saturated rings. The lowest BCUT2D eigenvalue weighted by molar-refractivity contribution is -0.118. The maximum absolute atomic E-state index is 11.7. The summed E-state index contributed by atoms with van der Waals surface area (Å²) in [7, 11) is 0. The molecule has 0 radical (unpaired) electrons. The first-order chi connectivity index (χ1) is 6.53. The minimum Gasteiger partial charge on any atom is -0.496 e. The van der Waals surface area contributed by atoms with Gasteiger partial charge in [-0.05, 0) is 12.8 Å². The molecule has 0 aliphatic carbocycles. The van der Waals surface area contributed by atoms with Crippen molar-refractivity contribution >= 4 is 5.78 Å². The highest BCUT2D eigenvalue weighted by atomic mass is 16.5. The van der Waals surface area contributed by atoms with E-state index in [4.69, 9.17) is 4.74 Å². The van der Waals surface area contributed by atoms with Crippen molar-refractivity contribution in [3.05, 3.63) is 11.3 Å². The molecule has 0 amide bonds. The first kappa shape index (κ1) is 11.3. The molecule has 0 atom stereocenters. The van der Waals surface area contributed by atoms with Crippen molar-refractivity contribution in [1.29, 1.82) is 0 Å². The van der Waals surface area contributed by atoms with Crippen LogP contribution in [-0.2, 0) is 9.53 Å². The second kappa shape index (κ2) is 4.16.